The molecular formula is C18H21BrN2O. The second kappa shape index (κ2) is 7.27. The molecule has 1 aliphatic heterocycles. The molecule has 3 rings (SSSR count). The number of halogens is 1. The number of hydrogen-bond acceptors (Lipinski definition) is 3. The highest BCUT2D eigenvalue weighted by Gasteiger charge is 2.27. The topological polar surface area (TPSA) is 24.5 Å². The van der Waals surface area contributed by atoms with E-state index >= 15 is 0 Å². The number of methoxy groups -OCH3 is 1. The van der Waals surface area contributed by atoms with E-state index in [2.05, 4.69) is 62.5 Å². The van der Waals surface area contributed by atoms with E-state index in [1.54, 1.807) is 7.11 Å². The van der Waals surface area contributed by atoms with Crippen molar-refractivity contribution < 1.29 is 4.74 Å². The molecule has 22 heavy (non-hydrogen) atoms. The number of para-hydroxylation sites is 1. The normalized spacial score (nSPS) is 17.2. The lowest BCUT2D eigenvalue weighted by atomic mass is 9.95. The van der Waals surface area contributed by atoms with E-state index in [9.17, 15) is 0 Å². The average Bonchev–Trinajstić information content (AvgIpc) is 2.58. The SMILES string of the molecule is COc1ccccc1C(c1ccccc1Br)N1CCNCC1. The van der Waals surface area contributed by atoms with Gasteiger partial charge in [-0.3, -0.25) is 4.90 Å². The van der Waals surface area contributed by atoms with Crippen molar-refractivity contribution in [3.8, 4) is 5.75 Å². The molecule has 0 bridgehead atoms. The molecule has 116 valence electrons. The van der Waals surface area contributed by atoms with Crippen LogP contribution in [0.25, 0.3) is 0 Å². The van der Waals surface area contributed by atoms with E-state index in [0.29, 0.717) is 0 Å². The summed E-state index contributed by atoms with van der Waals surface area (Å²) in [5.74, 6) is 0.946. The van der Waals surface area contributed by atoms with Gasteiger partial charge in [-0.05, 0) is 17.7 Å². The third-order valence-corrected chi connectivity index (χ3v) is 4.87. The van der Waals surface area contributed by atoms with E-state index in [-0.39, 0.29) is 6.04 Å². The summed E-state index contributed by atoms with van der Waals surface area (Å²) in [5, 5.41) is 3.43. The van der Waals surface area contributed by atoms with Crippen molar-refractivity contribution in [3.63, 3.8) is 0 Å². The molecule has 3 nitrogen and oxygen atoms in total. The summed E-state index contributed by atoms with van der Waals surface area (Å²) in [4.78, 5) is 2.52. The predicted molar refractivity (Wildman–Crippen MR) is 93.4 cm³/mol. The second-order valence-electron chi connectivity index (χ2n) is 5.45. The first-order chi connectivity index (χ1) is 10.8. The molecule has 0 spiro atoms. The molecule has 1 fully saturated rings. The molecule has 0 radical (unpaired) electrons. The van der Waals surface area contributed by atoms with Crippen molar-refractivity contribution >= 4 is 15.9 Å². The summed E-state index contributed by atoms with van der Waals surface area (Å²) in [6, 6.07) is 17.0. The largest absolute Gasteiger partial charge is 0.496 e. The quantitative estimate of drug-likeness (QED) is 0.903. The lowest BCUT2D eigenvalue weighted by Gasteiger charge is -2.36. The molecule has 1 unspecified atom stereocenters. The zero-order valence-corrected chi connectivity index (χ0v) is 14.3. The zero-order chi connectivity index (χ0) is 15.4. The van der Waals surface area contributed by atoms with Gasteiger partial charge in [-0.1, -0.05) is 52.3 Å². The molecule has 0 saturated carbocycles. The van der Waals surface area contributed by atoms with Gasteiger partial charge in [0.1, 0.15) is 5.75 Å². The van der Waals surface area contributed by atoms with Crippen molar-refractivity contribution in [2.75, 3.05) is 33.3 Å². The summed E-state index contributed by atoms with van der Waals surface area (Å²) < 4.78 is 6.76. The molecule has 1 N–H and O–H groups in total. The molecule has 0 aliphatic carbocycles. The zero-order valence-electron chi connectivity index (χ0n) is 12.8. The van der Waals surface area contributed by atoms with Crippen LogP contribution in [0.2, 0.25) is 0 Å². The molecular weight excluding hydrogens is 340 g/mol. The molecule has 2 aromatic carbocycles. The first kappa shape index (κ1) is 15.5. The van der Waals surface area contributed by atoms with Gasteiger partial charge in [0, 0.05) is 36.2 Å². The van der Waals surface area contributed by atoms with E-state index in [4.69, 9.17) is 4.74 Å². The van der Waals surface area contributed by atoms with Crippen LogP contribution in [0.4, 0.5) is 0 Å². The first-order valence-corrected chi connectivity index (χ1v) is 8.42. The number of benzene rings is 2. The van der Waals surface area contributed by atoms with E-state index < -0.39 is 0 Å². The molecule has 1 saturated heterocycles. The third kappa shape index (κ3) is 3.19. The summed E-state index contributed by atoms with van der Waals surface area (Å²) >= 11 is 3.72. The highest BCUT2D eigenvalue weighted by molar-refractivity contribution is 9.10. The fraction of sp³-hybridized carbons (Fsp3) is 0.333. The van der Waals surface area contributed by atoms with Crippen molar-refractivity contribution in [1.82, 2.24) is 10.2 Å². The molecule has 2 aromatic rings. The number of piperazine rings is 1. The summed E-state index contributed by atoms with van der Waals surface area (Å²) in [6.45, 7) is 4.11. The maximum Gasteiger partial charge on any atom is 0.123 e. The summed E-state index contributed by atoms with van der Waals surface area (Å²) in [7, 11) is 1.74. The first-order valence-electron chi connectivity index (χ1n) is 7.63. The van der Waals surface area contributed by atoms with Crippen molar-refractivity contribution in [2.24, 2.45) is 0 Å². The van der Waals surface area contributed by atoms with Gasteiger partial charge in [0.15, 0.2) is 0 Å². The van der Waals surface area contributed by atoms with E-state index in [0.717, 1.165) is 36.4 Å². The van der Waals surface area contributed by atoms with Gasteiger partial charge in [0.2, 0.25) is 0 Å². The van der Waals surface area contributed by atoms with Crippen molar-refractivity contribution in [3.05, 3.63) is 64.1 Å². The average molecular weight is 361 g/mol. The molecule has 0 amide bonds. The standard InChI is InChI=1S/C18H21BrN2O/c1-22-17-9-5-3-7-15(17)18(21-12-10-20-11-13-21)14-6-2-4-8-16(14)19/h2-9,18,20H,10-13H2,1H3. The Hall–Kier alpha value is -1.36. The van der Waals surface area contributed by atoms with E-state index in [1.807, 2.05) is 12.1 Å². The van der Waals surface area contributed by atoms with Gasteiger partial charge >= 0.3 is 0 Å². The van der Waals surface area contributed by atoms with Crippen LogP contribution in [0.1, 0.15) is 17.2 Å². The van der Waals surface area contributed by atoms with Gasteiger partial charge in [-0.25, -0.2) is 0 Å². The molecule has 1 atom stereocenters. The van der Waals surface area contributed by atoms with Crippen molar-refractivity contribution in [2.45, 2.75) is 6.04 Å². The Morgan fingerprint density at radius 1 is 1.00 bits per heavy atom. The Kier molecular flexibility index (Phi) is 5.13. The second-order valence-corrected chi connectivity index (χ2v) is 6.31. The Labute approximate surface area is 140 Å². The van der Waals surface area contributed by atoms with Crippen LogP contribution >= 0.6 is 15.9 Å². The maximum absolute atomic E-state index is 5.62. The van der Waals surface area contributed by atoms with Crippen LogP contribution in [-0.4, -0.2) is 38.2 Å². The highest BCUT2D eigenvalue weighted by Crippen LogP contribution is 2.37. The van der Waals surface area contributed by atoms with Gasteiger partial charge < -0.3 is 10.1 Å². The van der Waals surface area contributed by atoms with Gasteiger partial charge in [0.25, 0.3) is 0 Å². The molecule has 4 heteroatoms. The summed E-state index contributed by atoms with van der Waals surface area (Å²) in [5.41, 5.74) is 2.51. The number of rotatable bonds is 4. The number of nitrogens with zero attached hydrogens (tertiary/aromatic N) is 1. The minimum absolute atomic E-state index is 0.203. The Morgan fingerprint density at radius 3 is 2.32 bits per heavy atom. The van der Waals surface area contributed by atoms with Crippen molar-refractivity contribution in [1.29, 1.82) is 0 Å². The van der Waals surface area contributed by atoms with E-state index in [1.165, 1.54) is 11.1 Å². The Morgan fingerprint density at radius 2 is 1.64 bits per heavy atom. The summed E-state index contributed by atoms with van der Waals surface area (Å²) in [6.07, 6.45) is 0. The van der Waals surface area contributed by atoms with Crippen LogP contribution < -0.4 is 10.1 Å². The number of nitrogens with one attached hydrogen (secondary N) is 1. The minimum Gasteiger partial charge on any atom is -0.496 e. The molecule has 1 aliphatic rings. The van der Waals surface area contributed by atoms with Gasteiger partial charge in [-0.15, -0.1) is 0 Å². The number of ether oxygens (including phenoxy) is 1. The lowest BCUT2D eigenvalue weighted by Crippen LogP contribution is -2.45. The third-order valence-electron chi connectivity index (χ3n) is 4.15. The maximum atomic E-state index is 5.62. The number of hydrogen-bond donors (Lipinski definition) is 1. The van der Waals surface area contributed by atoms with Crippen LogP contribution in [0.15, 0.2) is 53.0 Å². The molecule has 1 heterocycles. The van der Waals surface area contributed by atoms with Crippen LogP contribution in [0, 0.1) is 0 Å². The van der Waals surface area contributed by atoms with Crippen LogP contribution in [-0.2, 0) is 0 Å². The fourth-order valence-corrected chi connectivity index (χ4v) is 3.59. The Balaban J connectivity index is 2.08. The predicted octanol–water partition coefficient (Wildman–Crippen LogP) is 3.45. The highest BCUT2D eigenvalue weighted by atomic mass is 79.9. The Bertz CT molecular complexity index is 626. The van der Waals surface area contributed by atoms with Crippen LogP contribution in [0.5, 0.6) is 5.75 Å². The van der Waals surface area contributed by atoms with Crippen LogP contribution in [0.3, 0.4) is 0 Å². The smallest absolute Gasteiger partial charge is 0.123 e. The monoisotopic (exact) mass is 360 g/mol. The van der Waals surface area contributed by atoms with Gasteiger partial charge in [-0.2, -0.15) is 0 Å². The van der Waals surface area contributed by atoms with Gasteiger partial charge in [0.05, 0.1) is 13.2 Å². The lowest BCUT2D eigenvalue weighted by molar-refractivity contribution is 0.195. The minimum atomic E-state index is 0.203. The fourth-order valence-electron chi connectivity index (χ4n) is 3.09. The molecule has 0 aromatic heterocycles.